The number of nitrogens with zero attached hydrogens (tertiary/aromatic N) is 4. The number of aliphatic imine (C=N–C) groups is 1. The Hall–Kier alpha value is -3.07. The normalized spacial score (nSPS) is 14.7. The largest absolute Gasteiger partial charge is 0.476 e. The fraction of sp³-hybridized carbons (Fsp3) is 0.318. The highest BCUT2D eigenvalue weighted by Crippen LogP contribution is 2.33. The van der Waals surface area contributed by atoms with Gasteiger partial charge in [-0.2, -0.15) is 0 Å². The molecule has 1 fully saturated rings. The number of morpholine rings is 1. The van der Waals surface area contributed by atoms with Gasteiger partial charge in [-0.3, -0.25) is 25.0 Å². The van der Waals surface area contributed by atoms with Crippen LogP contribution in [0.1, 0.15) is 0 Å². The first kappa shape index (κ1) is 20.2. The summed E-state index contributed by atoms with van der Waals surface area (Å²) >= 11 is 0. The Kier molecular flexibility index (Phi) is 6.18. The molecule has 1 aliphatic rings. The molecule has 2 heterocycles. The van der Waals surface area contributed by atoms with Crippen LogP contribution >= 0.6 is 0 Å². The minimum absolute atomic E-state index is 0.0414. The maximum Gasteiger partial charge on any atom is 0.261 e. The standard InChI is InChI=1S/C22H25N5O3/c1-24-20-13-17(3-5-21(20)30-14-23)16-2-4-19-18(12-16)22(28)27(15-25-19)7-6-26-8-10-29-11-9-26/h2-5,12-13,15H,1,6-11,14,23H2. The molecule has 2 N–H and O–H groups in total. The fourth-order valence-corrected chi connectivity index (χ4v) is 3.60. The Morgan fingerprint density at radius 2 is 1.90 bits per heavy atom. The Bertz CT molecular complexity index is 1110. The summed E-state index contributed by atoms with van der Waals surface area (Å²) in [7, 11) is 0. The highest BCUT2D eigenvalue weighted by atomic mass is 16.5. The molecule has 30 heavy (non-hydrogen) atoms. The van der Waals surface area contributed by atoms with Crippen molar-refractivity contribution >= 4 is 23.3 Å². The van der Waals surface area contributed by atoms with Crippen LogP contribution in [0.25, 0.3) is 22.0 Å². The van der Waals surface area contributed by atoms with Gasteiger partial charge >= 0.3 is 0 Å². The molecule has 1 aliphatic heterocycles. The lowest BCUT2D eigenvalue weighted by Gasteiger charge is -2.26. The van der Waals surface area contributed by atoms with E-state index in [-0.39, 0.29) is 12.3 Å². The number of ether oxygens (including phenoxy) is 2. The molecule has 3 aromatic rings. The number of rotatable bonds is 7. The Morgan fingerprint density at radius 1 is 1.13 bits per heavy atom. The maximum absolute atomic E-state index is 13.1. The Morgan fingerprint density at radius 3 is 2.67 bits per heavy atom. The summed E-state index contributed by atoms with van der Waals surface area (Å²) in [5.74, 6) is 0.573. The molecule has 1 saturated heterocycles. The number of benzene rings is 2. The van der Waals surface area contributed by atoms with E-state index < -0.39 is 0 Å². The number of hydrogen-bond donors (Lipinski definition) is 1. The first-order valence-electron chi connectivity index (χ1n) is 9.93. The number of hydrogen-bond acceptors (Lipinski definition) is 7. The fourth-order valence-electron chi connectivity index (χ4n) is 3.60. The number of aromatic nitrogens is 2. The monoisotopic (exact) mass is 407 g/mol. The average Bonchev–Trinajstić information content (AvgIpc) is 2.79. The van der Waals surface area contributed by atoms with Crippen LogP contribution in [-0.4, -0.2) is 60.7 Å². The summed E-state index contributed by atoms with van der Waals surface area (Å²) in [4.78, 5) is 23.8. The van der Waals surface area contributed by atoms with Gasteiger partial charge in [0.2, 0.25) is 0 Å². The number of fused-ring (bicyclic) bond motifs is 1. The van der Waals surface area contributed by atoms with Crippen LogP contribution < -0.4 is 16.0 Å². The van der Waals surface area contributed by atoms with Crippen LogP contribution in [0.3, 0.4) is 0 Å². The molecule has 0 spiro atoms. The van der Waals surface area contributed by atoms with Crippen molar-refractivity contribution in [3.8, 4) is 16.9 Å². The van der Waals surface area contributed by atoms with Gasteiger partial charge in [0.05, 0.1) is 30.4 Å². The van der Waals surface area contributed by atoms with Crippen molar-refractivity contribution in [3.05, 3.63) is 53.1 Å². The van der Waals surface area contributed by atoms with Gasteiger partial charge < -0.3 is 9.47 Å². The molecule has 0 radical (unpaired) electrons. The van der Waals surface area contributed by atoms with E-state index in [2.05, 4.69) is 21.6 Å². The molecule has 0 atom stereocenters. The van der Waals surface area contributed by atoms with Crippen LogP contribution in [-0.2, 0) is 11.3 Å². The molecule has 0 aliphatic carbocycles. The van der Waals surface area contributed by atoms with E-state index >= 15 is 0 Å². The summed E-state index contributed by atoms with van der Waals surface area (Å²) in [5.41, 5.74) is 8.51. The predicted molar refractivity (Wildman–Crippen MR) is 118 cm³/mol. The summed E-state index contributed by atoms with van der Waals surface area (Å²) in [6.45, 7) is 8.32. The zero-order valence-electron chi connectivity index (χ0n) is 16.8. The molecular formula is C22H25N5O3. The van der Waals surface area contributed by atoms with Crippen LogP contribution in [0.5, 0.6) is 5.75 Å². The van der Waals surface area contributed by atoms with Gasteiger partial charge in [-0.05, 0) is 42.1 Å². The van der Waals surface area contributed by atoms with Crippen molar-refractivity contribution in [2.75, 3.05) is 39.6 Å². The van der Waals surface area contributed by atoms with Crippen molar-refractivity contribution in [2.24, 2.45) is 10.7 Å². The third kappa shape index (κ3) is 4.25. The molecular weight excluding hydrogens is 382 g/mol. The molecule has 0 saturated carbocycles. The third-order valence-corrected chi connectivity index (χ3v) is 5.29. The van der Waals surface area contributed by atoms with Gasteiger partial charge in [0.25, 0.3) is 5.56 Å². The summed E-state index contributed by atoms with van der Waals surface area (Å²) in [6, 6.07) is 11.3. The molecule has 0 unspecified atom stereocenters. The van der Waals surface area contributed by atoms with Crippen LogP contribution in [0, 0.1) is 0 Å². The third-order valence-electron chi connectivity index (χ3n) is 5.29. The van der Waals surface area contributed by atoms with E-state index in [1.807, 2.05) is 30.3 Å². The zero-order valence-corrected chi connectivity index (χ0v) is 16.8. The summed E-state index contributed by atoms with van der Waals surface area (Å²) in [5, 5.41) is 0.590. The van der Waals surface area contributed by atoms with Gasteiger partial charge in [0.15, 0.2) is 0 Å². The second kappa shape index (κ2) is 9.17. The summed E-state index contributed by atoms with van der Waals surface area (Å²) in [6.07, 6.45) is 1.63. The quantitative estimate of drug-likeness (QED) is 0.476. The first-order chi connectivity index (χ1) is 14.7. The van der Waals surface area contributed by atoms with Gasteiger partial charge in [0, 0.05) is 26.2 Å². The van der Waals surface area contributed by atoms with Crippen LogP contribution in [0.15, 0.2) is 52.5 Å². The van der Waals surface area contributed by atoms with E-state index in [0.717, 1.165) is 44.0 Å². The van der Waals surface area contributed by atoms with E-state index in [4.69, 9.17) is 15.2 Å². The van der Waals surface area contributed by atoms with Crippen molar-refractivity contribution in [2.45, 2.75) is 6.54 Å². The molecule has 0 amide bonds. The molecule has 8 heteroatoms. The second-order valence-corrected chi connectivity index (χ2v) is 7.08. The van der Waals surface area contributed by atoms with Crippen LogP contribution in [0.4, 0.5) is 5.69 Å². The molecule has 0 bridgehead atoms. The van der Waals surface area contributed by atoms with Gasteiger partial charge in [-0.15, -0.1) is 0 Å². The Labute approximate surface area is 174 Å². The van der Waals surface area contributed by atoms with Crippen molar-refractivity contribution in [1.29, 1.82) is 0 Å². The van der Waals surface area contributed by atoms with Gasteiger partial charge in [0.1, 0.15) is 18.2 Å². The lowest BCUT2D eigenvalue weighted by molar-refractivity contribution is 0.0362. The highest BCUT2D eigenvalue weighted by molar-refractivity contribution is 5.84. The maximum atomic E-state index is 13.1. The van der Waals surface area contributed by atoms with E-state index in [0.29, 0.717) is 28.9 Å². The molecule has 4 rings (SSSR count). The van der Waals surface area contributed by atoms with Crippen LogP contribution in [0.2, 0.25) is 0 Å². The lowest BCUT2D eigenvalue weighted by atomic mass is 10.0. The number of nitrogens with two attached hydrogens (primary N) is 1. The SMILES string of the molecule is C=Nc1cc(-c2ccc3ncn(CCN4CCOCC4)c(=O)c3c2)ccc1OCN. The predicted octanol–water partition coefficient (Wildman–Crippen LogP) is 2.02. The molecule has 1 aromatic heterocycles. The second-order valence-electron chi connectivity index (χ2n) is 7.08. The van der Waals surface area contributed by atoms with Gasteiger partial charge in [-0.25, -0.2) is 4.98 Å². The Balaban J connectivity index is 1.63. The highest BCUT2D eigenvalue weighted by Gasteiger charge is 2.12. The van der Waals surface area contributed by atoms with Crippen molar-refractivity contribution < 1.29 is 9.47 Å². The minimum Gasteiger partial charge on any atom is -0.476 e. The van der Waals surface area contributed by atoms with Gasteiger partial charge in [-0.1, -0.05) is 12.1 Å². The van der Waals surface area contributed by atoms with E-state index in [1.54, 1.807) is 17.0 Å². The van der Waals surface area contributed by atoms with E-state index in [9.17, 15) is 4.79 Å². The van der Waals surface area contributed by atoms with Crippen molar-refractivity contribution in [3.63, 3.8) is 0 Å². The molecule has 156 valence electrons. The van der Waals surface area contributed by atoms with Crippen molar-refractivity contribution in [1.82, 2.24) is 14.5 Å². The molecule has 2 aromatic carbocycles. The minimum atomic E-state index is -0.0414. The first-order valence-corrected chi connectivity index (χ1v) is 9.93. The summed E-state index contributed by atoms with van der Waals surface area (Å²) < 4.78 is 12.4. The smallest absolute Gasteiger partial charge is 0.261 e. The van der Waals surface area contributed by atoms with E-state index in [1.165, 1.54) is 0 Å². The molecule has 8 nitrogen and oxygen atoms in total. The average molecular weight is 407 g/mol. The lowest BCUT2D eigenvalue weighted by Crippen LogP contribution is -2.39. The topological polar surface area (TPSA) is 95.0 Å². The zero-order chi connectivity index (χ0) is 20.9.